The Kier molecular flexibility index (Phi) is 3.46. The molecule has 1 aromatic heterocycles. The van der Waals surface area contributed by atoms with Gasteiger partial charge in [0.2, 0.25) is 0 Å². The molecule has 1 N–H and O–H groups in total. The second kappa shape index (κ2) is 5.04. The number of benzene rings is 1. The van der Waals surface area contributed by atoms with Gasteiger partial charge in [0.25, 0.3) is 0 Å². The van der Waals surface area contributed by atoms with Crippen LogP contribution in [-0.4, -0.2) is 23.4 Å². The van der Waals surface area contributed by atoms with Crippen molar-refractivity contribution in [2.45, 2.75) is 19.8 Å². The van der Waals surface area contributed by atoms with E-state index in [1.165, 1.54) is 11.9 Å². The van der Waals surface area contributed by atoms with Crippen LogP contribution in [0, 0.1) is 0 Å². The minimum atomic E-state index is 0.428. The Bertz CT molecular complexity index is 559. The fraction of sp³-hybridized carbons (Fsp3) is 0.286. The van der Waals surface area contributed by atoms with Crippen molar-refractivity contribution in [1.82, 2.24) is 9.97 Å². The molecule has 4 nitrogen and oxygen atoms in total. The van der Waals surface area contributed by atoms with Crippen molar-refractivity contribution in [2.75, 3.05) is 7.11 Å². The van der Waals surface area contributed by atoms with Crippen LogP contribution in [0.3, 0.4) is 0 Å². The van der Waals surface area contributed by atoms with E-state index in [1.807, 2.05) is 18.2 Å². The summed E-state index contributed by atoms with van der Waals surface area (Å²) in [5.41, 5.74) is 3.10. The predicted octanol–water partition coefficient (Wildman–Crippen LogP) is 3.02. The third-order valence-corrected chi connectivity index (χ3v) is 2.93. The summed E-state index contributed by atoms with van der Waals surface area (Å²) in [5, 5.41) is 0. The number of hydrogen-bond acceptors (Lipinski definition) is 3. The minimum absolute atomic E-state index is 0.428. The SMILES string of the molecule is COc1cc(C(C)C)ccc1-c1nc[nH]c1C=O. The number of imidazole rings is 1. The number of H-pyrrole nitrogens is 1. The van der Waals surface area contributed by atoms with Crippen molar-refractivity contribution in [3.05, 3.63) is 35.8 Å². The standard InChI is InChI=1S/C14H16N2O2/c1-9(2)10-4-5-11(13(6-10)18-3)14-12(7-17)15-8-16-14/h4-9H,1-3H3,(H,15,16). The van der Waals surface area contributed by atoms with Crippen LogP contribution in [0.25, 0.3) is 11.3 Å². The lowest BCUT2D eigenvalue weighted by atomic mass is 9.99. The first-order valence-corrected chi connectivity index (χ1v) is 5.84. The Morgan fingerprint density at radius 2 is 2.17 bits per heavy atom. The van der Waals surface area contributed by atoms with Crippen LogP contribution < -0.4 is 4.74 Å². The van der Waals surface area contributed by atoms with Gasteiger partial charge < -0.3 is 9.72 Å². The summed E-state index contributed by atoms with van der Waals surface area (Å²) in [4.78, 5) is 17.9. The molecule has 2 aromatic rings. The average molecular weight is 244 g/mol. The van der Waals surface area contributed by atoms with Gasteiger partial charge in [0.15, 0.2) is 6.29 Å². The number of nitrogens with zero attached hydrogens (tertiary/aromatic N) is 1. The van der Waals surface area contributed by atoms with Crippen LogP contribution in [0.2, 0.25) is 0 Å². The molecular weight excluding hydrogens is 228 g/mol. The number of aromatic nitrogens is 2. The van der Waals surface area contributed by atoms with E-state index in [-0.39, 0.29) is 0 Å². The van der Waals surface area contributed by atoms with Crippen molar-refractivity contribution in [3.63, 3.8) is 0 Å². The normalized spacial score (nSPS) is 10.7. The van der Waals surface area contributed by atoms with Crippen molar-refractivity contribution in [3.8, 4) is 17.0 Å². The fourth-order valence-corrected chi connectivity index (χ4v) is 1.87. The molecule has 0 aliphatic carbocycles. The van der Waals surface area contributed by atoms with E-state index in [9.17, 15) is 4.79 Å². The summed E-state index contributed by atoms with van der Waals surface area (Å²) < 4.78 is 5.39. The van der Waals surface area contributed by atoms with Gasteiger partial charge >= 0.3 is 0 Å². The zero-order valence-corrected chi connectivity index (χ0v) is 10.7. The molecular formula is C14H16N2O2. The quantitative estimate of drug-likeness (QED) is 0.841. The lowest BCUT2D eigenvalue weighted by Crippen LogP contribution is -1.94. The van der Waals surface area contributed by atoms with Crippen LogP contribution in [0.1, 0.15) is 35.8 Å². The van der Waals surface area contributed by atoms with E-state index in [2.05, 4.69) is 23.8 Å². The molecule has 0 spiro atoms. The molecule has 18 heavy (non-hydrogen) atoms. The zero-order chi connectivity index (χ0) is 13.1. The highest BCUT2D eigenvalue weighted by molar-refractivity contribution is 5.85. The second-order valence-corrected chi connectivity index (χ2v) is 4.40. The lowest BCUT2D eigenvalue weighted by molar-refractivity contribution is 0.112. The summed E-state index contributed by atoms with van der Waals surface area (Å²) in [7, 11) is 1.62. The van der Waals surface area contributed by atoms with Gasteiger partial charge in [-0.15, -0.1) is 0 Å². The average Bonchev–Trinajstić information content (AvgIpc) is 2.85. The third kappa shape index (κ3) is 2.14. The van der Waals surface area contributed by atoms with Gasteiger partial charge in [-0.2, -0.15) is 0 Å². The molecule has 1 heterocycles. The monoisotopic (exact) mass is 244 g/mol. The predicted molar refractivity (Wildman–Crippen MR) is 70.1 cm³/mol. The number of aldehydes is 1. The first-order valence-electron chi connectivity index (χ1n) is 5.84. The fourth-order valence-electron chi connectivity index (χ4n) is 1.87. The van der Waals surface area contributed by atoms with Crippen molar-refractivity contribution in [1.29, 1.82) is 0 Å². The van der Waals surface area contributed by atoms with Gasteiger partial charge in [0.05, 0.1) is 13.4 Å². The number of ether oxygens (including phenoxy) is 1. The molecule has 0 unspecified atom stereocenters. The first-order chi connectivity index (χ1) is 8.67. The second-order valence-electron chi connectivity index (χ2n) is 4.40. The number of rotatable bonds is 4. The first kappa shape index (κ1) is 12.4. The van der Waals surface area contributed by atoms with Crippen LogP contribution in [0.15, 0.2) is 24.5 Å². The number of hydrogen-bond donors (Lipinski definition) is 1. The maximum Gasteiger partial charge on any atom is 0.168 e. The maximum atomic E-state index is 10.9. The molecule has 0 atom stereocenters. The summed E-state index contributed by atoms with van der Waals surface area (Å²) in [6.07, 6.45) is 2.27. The number of carbonyl (C=O) groups is 1. The number of carbonyl (C=O) groups excluding carboxylic acids is 1. The molecule has 0 fully saturated rings. The maximum absolute atomic E-state index is 10.9. The Morgan fingerprint density at radius 1 is 1.39 bits per heavy atom. The molecule has 94 valence electrons. The molecule has 0 aliphatic heterocycles. The molecule has 0 radical (unpaired) electrons. The highest BCUT2D eigenvalue weighted by atomic mass is 16.5. The van der Waals surface area contributed by atoms with E-state index in [1.54, 1.807) is 7.11 Å². The molecule has 0 amide bonds. The van der Waals surface area contributed by atoms with Crippen LogP contribution in [0.4, 0.5) is 0 Å². The molecule has 2 rings (SSSR count). The van der Waals surface area contributed by atoms with Crippen LogP contribution >= 0.6 is 0 Å². The van der Waals surface area contributed by atoms with Crippen LogP contribution in [0.5, 0.6) is 5.75 Å². The summed E-state index contributed by atoms with van der Waals surface area (Å²) in [5.74, 6) is 1.16. The van der Waals surface area contributed by atoms with Gasteiger partial charge in [-0.25, -0.2) is 4.98 Å². The smallest absolute Gasteiger partial charge is 0.168 e. The van der Waals surface area contributed by atoms with Gasteiger partial charge in [-0.1, -0.05) is 19.9 Å². The third-order valence-electron chi connectivity index (χ3n) is 2.93. The van der Waals surface area contributed by atoms with E-state index in [0.717, 1.165) is 17.6 Å². The highest BCUT2D eigenvalue weighted by Gasteiger charge is 2.14. The molecule has 1 aromatic carbocycles. The van der Waals surface area contributed by atoms with E-state index < -0.39 is 0 Å². The van der Waals surface area contributed by atoms with Crippen molar-refractivity contribution in [2.24, 2.45) is 0 Å². The molecule has 0 saturated carbocycles. The number of aromatic amines is 1. The number of nitrogens with one attached hydrogen (secondary N) is 1. The Morgan fingerprint density at radius 3 is 2.78 bits per heavy atom. The van der Waals surface area contributed by atoms with E-state index >= 15 is 0 Å². The Balaban J connectivity index is 2.54. The highest BCUT2D eigenvalue weighted by Crippen LogP contribution is 2.32. The zero-order valence-electron chi connectivity index (χ0n) is 10.7. The topological polar surface area (TPSA) is 55.0 Å². The molecule has 0 bridgehead atoms. The Labute approximate surface area is 106 Å². The minimum Gasteiger partial charge on any atom is -0.496 e. The van der Waals surface area contributed by atoms with E-state index in [4.69, 9.17) is 4.74 Å². The van der Waals surface area contributed by atoms with E-state index in [0.29, 0.717) is 17.3 Å². The Hall–Kier alpha value is -2.10. The largest absolute Gasteiger partial charge is 0.496 e. The summed E-state index contributed by atoms with van der Waals surface area (Å²) in [6, 6.07) is 5.96. The van der Waals surface area contributed by atoms with Gasteiger partial charge in [-0.05, 0) is 23.6 Å². The van der Waals surface area contributed by atoms with Crippen molar-refractivity contribution < 1.29 is 9.53 Å². The molecule has 0 aliphatic rings. The summed E-state index contributed by atoms with van der Waals surface area (Å²) >= 11 is 0. The van der Waals surface area contributed by atoms with Crippen molar-refractivity contribution >= 4 is 6.29 Å². The van der Waals surface area contributed by atoms with Gasteiger partial charge in [0, 0.05) is 5.56 Å². The van der Waals surface area contributed by atoms with Gasteiger partial charge in [-0.3, -0.25) is 4.79 Å². The molecule has 0 saturated heterocycles. The van der Waals surface area contributed by atoms with Gasteiger partial charge in [0.1, 0.15) is 17.1 Å². The van der Waals surface area contributed by atoms with Crippen LogP contribution in [-0.2, 0) is 0 Å². The summed E-state index contributed by atoms with van der Waals surface area (Å²) in [6.45, 7) is 4.25. The molecule has 4 heteroatoms. The lowest BCUT2D eigenvalue weighted by Gasteiger charge is -2.11. The number of methoxy groups -OCH3 is 1.